The van der Waals surface area contributed by atoms with Crippen molar-refractivity contribution in [1.29, 1.82) is 0 Å². The molecule has 0 bridgehead atoms. The Hall–Kier alpha value is -2.91. The monoisotopic (exact) mass is 389 g/mol. The number of aromatic nitrogens is 2. The van der Waals surface area contributed by atoms with Gasteiger partial charge in [0.15, 0.2) is 0 Å². The topological polar surface area (TPSA) is 150 Å². The van der Waals surface area contributed by atoms with Crippen LogP contribution in [0.1, 0.15) is 25.0 Å². The molecule has 0 aliphatic heterocycles. The molecule has 0 spiro atoms. The first-order valence-corrected chi connectivity index (χ1v) is 8.55. The first-order chi connectivity index (χ1) is 12.5. The smallest absolute Gasteiger partial charge is 0.243 e. The van der Waals surface area contributed by atoms with E-state index in [4.69, 9.17) is 23.7 Å². The van der Waals surface area contributed by atoms with Gasteiger partial charge in [-0.05, 0) is 32.4 Å². The molecule has 1 heterocycles. The fraction of sp³-hybridized carbons (Fsp3) is 0.278. The molecule has 1 amide bonds. The van der Waals surface area contributed by atoms with Crippen molar-refractivity contribution in [3.8, 4) is 17.0 Å². The van der Waals surface area contributed by atoms with Crippen LogP contribution < -0.4 is 16.8 Å². The van der Waals surface area contributed by atoms with Crippen molar-refractivity contribution in [1.82, 2.24) is 9.97 Å². The Morgan fingerprint density at radius 2 is 2.07 bits per heavy atom. The van der Waals surface area contributed by atoms with E-state index < -0.39 is 11.4 Å². The fourth-order valence-corrected chi connectivity index (χ4v) is 2.68. The number of nitrogens with one attached hydrogen (secondary N) is 2. The summed E-state index contributed by atoms with van der Waals surface area (Å²) in [5.41, 5.74) is 12.7. The number of phenolic OH excluding ortho intramolecular Hbond substituents is 1. The molecule has 0 radical (unpaired) electrons. The number of phenols is 1. The van der Waals surface area contributed by atoms with Crippen LogP contribution in [0.3, 0.4) is 0 Å². The van der Waals surface area contributed by atoms with Crippen LogP contribution >= 0.6 is 12.2 Å². The number of nitrogens with two attached hydrogens (primary N) is 2. The van der Waals surface area contributed by atoms with Gasteiger partial charge < -0.3 is 32.0 Å². The third kappa shape index (κ3) is 4.83. The number of aliphatic hydroxyl groups is 1. The summed E-state index contributed by atoms with van der Waals surface area (Å²) in [4.78, 5) is 18.6. The summed E-state index contributed by atoms with van der Waals surface area (Å²) in [7, 11) is 0. The summed E-state index contributed by atoms with van der Waals surface area (Å²) >= 11 is 5.37. The molecule has 0 aliphatic rings. The average Bonchev–Trinajstić information content (AvgIpc) is 2.55. The summed E-state index contributed by atoms with van der Waals surface area (Å²) in [6.07, 6.45) is 1.06. The highest BCUT2D eigenvalue weighted by molar-refractivity contribution is 7.71. The lowest BCUT2D eigenvalue weighted by Crippen LogP contribution is -2.35. The van der Waals surface area contributed by atoms with E-state index in [-0.39, 0.29) is 22.7 Å². The fourth-order valence-electron chi connectivity index (χ4n) is 2.37. The number of anilines is 1. The molecule has 8 nitrogen and oxygen atoms in total. The lowest BCUT2D eigenvalue weighted by Gasteiger charge is -2.24. The minimum absolute atomic E-state index is 0.0549. The first kappa shape index (κ1) is 20.4. The van der Waals surface area contributed by atoms with Gasteiger partial charge in [0.25, 0.3) is 0 Å². The third-order valence-corrected chi connectivity index (χ3v) is 4.15. The molecule has 1 aromatic carbocycles. The molecule has 8 N–H and O–H groups in total. The van der Waals surface area contributed by atoms with Crippen molar-refractivity contribution in [2.24, 2.45) is 11.5 Å². The molecule has 9 heteroatoms. The summed E-state index contributed by atoms with van der Waals surface area (Å²) in [5, 5.41) is 22.6. The molecular weight excluding hydrogens is 366 g/mol. The quantitative estimate of drug-likeness (QED) is 0.325. The zero-order valence-electron chi connectivity index (χ0n) is 15.3. The Labute approximate surface area is 161 Å². The highest BCUT2D eigenvalue weighted by Gasteiger charge is 2.20. The number of benzene rings is 1. The Balaban J connectivity index is 2.74. The average molecular weight is 389 g/mol. The van der Waals surface area contributed by atoms with Crippen molar-refractivity contribution in [2.45, 2.75) is 26.3 Å². The Kier molecular flexibility index (Phi) is 5.87. The first-order valence-electron chi connectivity index (χ1n) is 8.14. The molecule has 0 fully saturated rings. The summed E-state index contributed by atoms with van der Waals surface area (Å²) < 4.78 is 0.134. The molecule has 0 atom stereocenters. The maximum atomic E-state index is 11.3. The molecule has 27 heavy (non-hydrogen) atoms. The predicted molar refractivity (Wildman–Crippen MR) is 107 cm³/mol. The molecule has 0 saturated heterocycles. The second kappa shape index (κ2) is 7.77. The highest BCUT2D eigenvalue weighted by atomic mass is 32.1. The van der Waals surface area contributed by atoms with Crippen LogP contribution in [0.5, 0.6) is 5.75 Å². The number of hydrogen-bond donors (Lipinski definition) is 6. The van der Waals surface area contributed by atoms with E-state index in [0.717, 1.165) is 6.08 Å². The Morgan fingerprint density at radius 1 is 1.41 bits per heavy atom. The molecular formula is C18H23N5O3S. The van der Waals surface area contributed by atoms with Gasteiger partial charge >= 0.3 is 0 Å². The second-order valence-corrected chi connectivity index (χ2v) is 7.20. The number of nitrogens with zero attached hydrogens (tertiary/aromatic N) is 1. The Bertz CT molecular complexity index is 966. The lowest BCUT2D eigenvalue weighted by molar-refractivity contribution is -0.113. The van der Waals surface area contributed by atoms with Crippen molar-refractivity contribution in [3.05, 3.63) is 40.0 Å². The van der Waals surface area contributed by atoms with Gasteiger partial charge in [-0.2, -0.15) is 0 Å². The molecule has 0 saturated carbocycles. The van der Waals surface area contributed by atoms with E-state index in [0.29, 0.717) is 28.3 Å². The number of aliphatic hydroxyl groups excluding tert-OH is 1. The number of aromatic amines is 1. The number of H-pyrrole nitrogens is 1. The number of aryl methyl sites for hydroxylation is 1. The van der Waals surface area contributed by atoms with Crippen LogP contribution in [0.2, 0.25) is 0 Å². The lowest BCUT2D eigenvalue weighted by atomic mass is 10.0. The number of rotatable bonds is 6. The molecule has 0 unspecified atom stereocenters. The maximum Gasteiger partial charge on any atom is 0.243 e. The van der Waals surface area contributed by atoms with Crippen LogP contribution in [-0.2, 0) is 4.79 Å². The van der Waals surface area contributed by atoms with Crippen molar-refractivity contribution >= 4 is 29.8 Å². The van der Waals surface area contributed by atoms with Crippen LogP contribution in [0.15, 0.2) is 24.3 Å². The summed E-state index contributed by atoms with van der Waals surface area (Å²) in [6.45, 7) is 5.21. The van der Waals surface area contributed by atoms with Crippen molar-refractivity contribution in [3.63, 3.8) is 0 Å². The third-order valence-electron chi connectivity index (χ3n) is 3.86. The van der Waals surface area contributed by atoms with Gasteiger partial charge in [0.05, 0.1) is 23.4 Å². The van der Waals surface area contributed by atoms with E-state index in [1.807, 2.05) is 0 Å². The minimum Gasteiger partial charge on any atom is -0.508 e. The zero-order valence-corrected chi connectivity index (χ0v) is 16.1. The van der Waals surface area contributed by atoms with Gasteiger partial charge in [-0.1, -0.05) is 24.4 Å². The van der Waals surface area contributed by atoms with Crippen molar-refractivity contribution < 1.29 is 15.0 Å². The molecule has 0 aliphatic carbocycles. The van der Waals surface area contributed by atoms with Gasteiger partial charge in [-0.15, -0.1) is 0 Å². The second-order valence-electron chi connectivity index (χ2n) is 6.81. The molecule has 2 rings (SSSR count). The van der Waals surface area contributed by atoms with Gasteiger partial charge in [-0.25, -0.2) is 4.98 Å². The predicted octanol–water partition coefficient (Wildman–Crippen LogP) is 1.79. The number of carbonyl (C=O) groups is 1. The zero-order chi connectivity index (χ0) is 20.4. The van der Waals surface area contributed by atoms with Crippen LogP contribution in [0.4, 0.5) is 5.95 Å². The molecule has 1 aromatic heterocycles. The normalized spacial score (nSPS) is 12.1. The summed E-state index contributed by atoms with van der Waals surface area (Å²) in [5.74, 6) is -0.315. The van der Waals surface area contributed by atoms with Crippen LogP contribution in [0, 0.1) is 11.6 Å². The Morgan fingerprint density at radius 3 is 2.63 bits per heavy atom. The van der Waals surface area contributed by atoms with Crippen LogP contribution in [0.25, 0.3) is 17.0 Å². The highest BCUT2D eigenvalue weighted by Crippen LogP contribution is 2.31. The number of carbonyl (C=O) groups excluding carboxylic acids is 1. The van der Waals surface area contributed by atoms with Gasteiger partial charge in [-0.3, -0.25) is 4.79 Å². The number of hydrogen-bond acceptors (Lipinski definition) is 7. The van der Waals surface area contributed by atoms with Crippen LogP contribution in [-0.4, -0.2) is 38.2 Å². The van der Waals surface area contributed by atoms with Gasteiger partial charge in [0.1, 0.15) is 10.4 Å². The van der Waals surface area contributed by atoms with Gasteiger partial charge in [0, 0.05) is 17.3 Å². The van der Waals surface area contributed by atoms with E-state index in [1.54, 1.807) is 39.0 Å². The summed E-state index contributed by atoms with van der Waals surface area (Å²) in [6, 6.07) is 5.07. The van der Waals surface area contributed by atoms with E-state index >= 15 is 0 Å². The maximum absolute atomic E-state index is 11.3. The van der Waals surface area contributed by atoms with Crippen molar-refractivity contribution in [2.75, 3.05) is 11.9 Å². The number of aromatic hydroxyl groups is 1. The molecule has 144 valence electrons. The van der Waals surface area contributed by atoms with E-state index in [2.05, 4.69) is 15.3 Å². The largest absolute Gasteiger partial charge is 0.508 e. The standard InChI is InChI=1S/C18H23N5O3S/c1-9-4-5-10(6-12(9)25)15-14(11(19)7-13(20)26)16(27)22-17(21-15)23-18(2,3)8-24/h4-7,24-25H,8,19H2,1-3H3,(H2,20,26)(H2,21,22,23,27)/b11-7-. The minimum atomic E-state index is -0.719. The van der Waals surface area contributed by atoms with E-state index in [1.165, 1.54) is 0 Å². The van der Waals surface area contributed by atoms with E-state index in [9.17, 15) is 15.0 Å². The SMILES string of the molecule is Cc1ccc(-c2[nH]c(NC(C)(C)CO)nc(=S)c2/C(N)=C/C(N)=O)cc1O. The van der Waals surface area contributed by atoms with Gasteiger partial charge in [0.2, 0.25) is 11.9 Å². The number of primary amides is 1. The number of amides is 1. The molecule has 2 aromatic rings.